The largest absolute Gasteiger partial charge is 0.508 e. The van der Waals surface area contributed by atoms with Crippen molar-refractivity contribution in [2.24, 2.45) is 0 Å². The fourth-order valence-corrected chi connectivity index (χ4v) is 3.17. The first-order valence-corrected chi connectivity index (χ1v) is 10.3. The number of phenols is 1. The van der Waals surface area contributed by atoms with Crippen LogP contribution in [0.5, 0.6) is 5.75 Å². The van der Waals surface area contributed by atoms with Crippen LogP contribution in [0.4, 0.5) is 0 Å². The summed E-state index contributed by atoms with van der Waals surface area (Å²) < 4.78 is 5.48. The molecule has 2 N–H and O–H groups in total. The number of amides is 1. The molecule has 0 heterocycles. The second kappa shape index (κ2) is 11.0. The number of carbonyl (C=O) groups is 2. The number of hydrogen-bond donors (Lipinski definition) is 2. The average molecular weight is 418 g/mol. The maximum Gasteiger partial charge on any atom is 0.329 e. The SMILES string of the molecule is Cc1ccc(CC(NC(=O)CCc2ccc(O)cc2)C(=O)OCc2ccccc2)cc1. The van der Waals surface area contributed by atoms with Gasteiger partial charge < -0.3 is 15.2 Å². The highest BCUT2D eigenvalue weighted by Gasteiger charge is 2.23. The number of ether oxygens (including phenoxy) is 1. The molecule has 3 aromatic carbocycles. The number of phenolic OH excluding ortho intramolecular Hbond substituents is 1. The Morgan fingerprint density at radius 1 is 0.871 bits per heavy atom. The Morgan fingerprint density at radius 2 is 1.52 bits per heavy atom. The van der Waals surface area contributed by atoms with Crippen LogP contribution in [0.2, 0.25) is 0 Å². The minimum Gasteiger partial charge on any atom is -0.508 e. The van der Waals surface area contributed by atoms with E-state index in [1.165, 1.54) is 0 Å². The minimum absolute atomic E-state index is 0.160. The molecule has 0 saturated heterocycles. The average Bonchev–Trinajstić information content (AvgIpc) is 2.79. The Hall–Kier alpha value is -3.60. The first-order chi connectivity index (χ1) is 15.0. The lowest BCUT2D eigenvalue weighted by atomic mass is 10.0. The molecule has 160 valence electrons. The second-order valence-corrected chi connectivity index (χ2v) is 7.57. The third kappa shape index (κ3) is 7.30. The molecule has 0 saturated carbocycles. The Bertz CT molecular complexity index is 982. The van der Waals surface area contributed by atoms with Gasteiger partial charge in [-0.05, 0) is 42.2 Å². The van der Waals surface area contributed by atoms with Crippen molar-refractivity contribution in [1.82, 2.24) is 5.32 Å². The van der Waals surface area contributed by atoms with Crippen LogP contribution in [-0.4, -0.2) is 23.0 Å². The van der Waals surface area contributed by atoms with E-state index >= 15 is 0 Å². The van der Waals surface area contributed by atoms with E-state index in [-0.39, 0.29) is 24.7 Å². The zero-order valence-electron chi connectivity index (χ0n) is 17.6. The Morgan fingerprint density at radius 3 is 2.19 bits per heavy atom. The lowest BCUT2D eigenvalue weighted by Gasteiger charge is -2.18. The van der Waals surface area contributed by atoms with Crippen LogP contribution in [0.25, 0.3) is 0 Å². The monoisotopic (exact) mass is 417 g/mol. The van der Waals surface area contributed by atoms with Crippen molar-refractivity contribution in [1.29, 1.82) is 0 Å². The number of hydrogen-bond acceptors (Lipinski definition) is 4. The number of benzene rings is 3. The molecule has 0 aliphatic carbocycles. The molecule has 0 fully saturated rings. The van der Waals surface area contributed by atoms with Crippen molar-refractivity contribution in [3.63, 3.8) is 0 Å². The topological polar surface area (TPSA) is 75.6 Å². The lowest BCUT2D eigenvalue weighted by Crippen LogP contribution is -2.43. The Labute approximate surface area is 182 Å². The maximum absolute atomic E-state index is 12.8. The van der Waals surface area contributed by atoms with E-state index in [0.717, 1.165) is 22.3 Å². The number of aromatic hydroxyl groups is 1. The van der Waals surface area contributed by atoms with Crippen LogP contribution < -0.4 is 5.32 Å². The van der Waals surface area contributed by atoms with Crippen LogP contribution >= 0.6 is 0 Å². The molecular formula is C26H27NO4. The quantitative estimate of drug-likeness (QED) is 0.514. The van der Waals surface area contributed by atoms with E-state index in [4.69, 9.17) is 4.74 Å². The van der Waals surface area contributed by atoms with Crippen molar-refractivity contribution in [2.45, 2.75) is 38.8 Å². The molecule has 0 radical (unpaired) electrons. The predicted molar refractivity (Wildman–Crippen MR) is 119 cm³/mol. The summed E-state index contributed by atoms with van der Waals surface area (Å²) in [4.78, 5) is 25.3. The van der Waals surface area contributed by atoms with Gasteiger partial charge in [0, 0.05) is 12.8 Å². The number of aryl methyl sites for hydroxylation is 2. The summed E-state index contributed by atoms with van der Waals surface area (Å²) in [5.74, 6) is -0.489. The van der Waals surface area contributed by atoms with Crippen LogP contribution in [0.3, 0.4) is 0 Å². The molecule has 3 aromatic rings. The van der Waals surface area contributed by atoms with E-state index < -0.39 is 12.0 Å². The summed E-state index contributed by atoms with van der Waals surface area (Å²) in [5.41, 5.74) is 3.91. The normalized spacial score (nSPS) is 11.5. The fourth-order valence-electron chi connectivity index (χ4n) is 3.17. The maximum atomic E-state index is 12.8. The number of esters is 1. The molecule has 1 amide bonds. The molecule has 0 spiro atoms. The van der Waals surface area contributed by atoms with Gasteiger partial charge in [0.2, 0.25) is 5.91 Å². The van der Waals surface area contributed by atoms with Crippen LogP contribution in [-0.2, 0) is 33.8 Å². The van der Waals surface area contributed by atoms with Gasteiger partial charge in [0.1, 0.15) is 18.4 Å². The van der Waals surface area contributed by atoms with Crippen LogP contribution in [0, 0.1) is 6.92 Å². The molecule has 5 heteroatoms. The van der Waals surface area contributed by atoms with Gasteiger partial charge in [-0.2, -0.15) is 0 Å². The van der Waals surface area contributed by atoms with E-state index in [9.17, 15) is 14.7 Å². The van der Waals surface area contributed by atoms with Crippen molar-refractivity contribution < 1.29 is 19.4 Å². The van der Waals surface area contributed by atoms with Crippen LogP contribution in [0.15, 0.2) is 78.9 Å². The second-order valence-electron chi connectivity index (χ2n) is 7.57. The predicted octanol–water partition coefficient (Wildman–Crippen LogP) is 4.10. The molecule has 1 atom stereocenters. The van der Waals surface area contributed by atoms with Crippen molar-refractivity contribution in [3.8, 4) is 5.75 Å². The molecule has 1 unspecified atom stereocenters. The zero-order valence-corrected chi connectivity index (χ0v) is 17.6. The first-order valence-electron chi connectivity index (χ1n) is 10.3. The summed E-state index contributed by atoms with van der Waals surface area (Å²) in [5, 5.41) is 12.2. The van der Waals surface area contributed by atoms with Gasteiger partial charge >= 0.3 is 5.97 Å². The standard InChI is InChI=1S/C26H27NO4/c1-19-7-9-21(10-8-19)17-24(26(30)31-18-22-5-3-2-4-6-22)27-25(29)16-13-20-11-14-23(28)15-12-20/h2-12,14-15,24,28H,13,16-18H2,1H3,(H,27,29). The first kappa shape index (κ1) is 22.1. The summed E-state index contributed by atoms with van der Waals surface area (Å²) in [7, 11) is 0. The molecular weight excluding hydrogens is 390 g/mol. The smallest absolute Gasteiger partial charge is 0.329 e. The Balaban J connectivity index is 1.62. The molecule has 3 rings (SSSR count). The highest BCUT2D eigenvalue weighted by Crippen LogP contribution is 2.12. The van der Waals surface area contributed by atoms with E-state index in [1.807, 2.05) is 61.5 Å². The van der Waals surface area contributed by atoms with Crippen molar-refractivity contribution >= 4 is 11.9 Å². The highest BCUT2D eigenvalue weighted by molar-refractivity contribution is 5.84. The summed E-state index contributed by atoms with van der Waals surface area (Å²) in [6.45, 7) is 2.16. The summed E-state index contributed by atoms with van der Waals surface area (Å²) in [6.07, 6.45) is 1.11. The van der Waals surface area contributed by atoms with E-state index in [1.54, 1.807) is 24.3 Å². The van der Waals surface area contributed by atoms with Gasteiger partial charge in [0.25, 0.3) is 0 Å². The van der Waals surface area contributed by atoms with Gasteiger partial charge in [-0.15, -0.1) is 0 Å². The van der Waals surface area contributed by atoms with Gasteiger partial charge in [-0.25, -0.2) is 4.79 Å². The Kier molecular flexibility index (Phi) is 7.82. The third-order valence-corrected chi connectivity index (χ3v) is 4.98. The molecule has 0 bridgehead atoms. The van der Waals surface area contributed by atoms with Gasteiger partial charge in [-0.1, -0.05) is 72.3 Å². The molecule has 0 aliphatic heterocycles. The molecule has 31 heavy (non-hydrogen) atoms. The van der Waals surface area contributed by atoms with Crippen molar-refractivity contribution in [2.75, 3.05) is 0 Å². The third-order valence-electron chi connectivity index (χ3n) is 4.98. The van der Waals surface area contributed by atoms with E-state index in [2.05, 4.69) is 5.32 Å². The molecule has 0 aromatic heterocycles. The van der Waals surface area contributed by atoms with Crippen LogP contribution in [0.1, 0.15) is 28.7 Å². The highest BCUT2D eigenvalue weighted by atomic mass is 16.5. The van der Waals surface area contributed by atoms with E-state index in [0.29, 0.717) is 12.8 Å². The number of nitrogens with one attached hydrogen (secondary N) is 1. The molecule has 5 nitrogen and oxygen atoms in total. The minimum atomic E-state index is -0.765. The van der Waals surface area contributed by atoms with Gasteiger partial charge in [-0.3, -0.25) is 4.79 Å². The number of rotatable bonds is 9. The summed E-state index contributed by atoms with van der Waals surface area (Å²) >= 11 is 0. The summed E-state index contributed by atoms with van der Waals surface area (Å²) in [6, 6.07) is 23.3. The van der Waals surface area contributed by atoms with Crippen molar-refractivity contribution in [3.05, 3.63) is 101 Å². The number of carbonyl (C=O) groups excluding carboxylic acids is 2. The fraction of sp³-hybridized carbons (Fsp3) is 0.231. The van der Waals surface area contributed by atoms with Gasteiger partial charge in [0.15, 0.2) is 0 Å². The van der Waals surface area contributed by atoms with Gasteiger partial charge in [0.05, 0.1) is 0 Å². The zero-order chi connectivity index (χ0) is 22.1. The molecule has 0 aliphatic rings. The lowest BCUT2D eigenvalue weighted by molar-refractivity contribution is -0.149.